The van der Waals surface area contributed by atoms with Gasteiger partial charge in [-0.3, -0.25) is 0 Å². The summed E-state index contributed by atoms with van der Waals surface area (Å²) < 4.78 is 0. The summed E-state index contributed by atoms with van der Waals surface area (Å²) in [6, 6.07) is 52.2. The van der Waals surface area contributed by atoms with E-state index in [2.05, 4.69) is 203 Å². The molecule has 0 aromatic heterocycles. The molecule has 8 aromatic rings. The molecule has 0 radical (unpaired) electrons. The first-order chi connectivity index (χ1) is 27.5. The van der Waals surface area contributed by atoms with Gasteiger partial charge < -0.3 is 0 Å². The molecule has 284 valence electrons. The Labute approximate surface area is 344 Å². The van der Waals surface area contributed by atoms with Gasteiger partial charge in [0.15, 0.2) is 0 Å². The normalized spacial score (nSPS) is 15.3. The van der Waals surface area contributed by atoms with Crippen LogP contribution in [0.1, 0.15) is 103 Å². The Morgan fingerprint density at radius 1 is 0.345 bits per heavy atom. The Kier molecular flexibility index (Phi) is 7.01. The van der Waals surface area contributed by atoms with E-state index in [0.29, 0.717) is 0 Å². The molecule has 0 nitrogen and oxygen atoms in total. The van der Waals surface area contributed by atoms with Crippen LogP contribution >= 0.6 is 0 Å². The fourth-order valence-electron chi connectivity index (χ4n) is 11.1. The minimum atomic E-state index is -0.119. The molecule has 0 saturated carbocycles. The predicted molar refractivity (Wildman–Crippen MR) is 249 cm³/mol. The Morgan fingerprint density at radius 2 is 0.724 bits per heavy atom. The maximum absolute atomic E-state index is 2.54. The van der Waals surface area contributed by atoms with E-state index in [4.69, 9.17) is 0 Å². The highest BCUT2D eigenvalue weighted by Gasteiger charge is 2.39. The van der Waals surface area contributed by atoms with Crippen LogP contribution in [0.2, 0.25) is 0 Å². The zero-order valence-electron chi connectivity index (χ0n) is 35.7. The second-order valence-electron chi connectivity index (χ2n) is 20.5. The van der Waals surface area contributed by atoms with Crippen molar-refractivity contribution in [3.8, 4) is 66.8 Å². The summed E-state index contributed by atoms with van der Waals surface area (Å²) >= 11 is 0. The van der Waals surface area contributed by atoms with Gasteiger partial charge in [-0.25, -0.2) is 0 Å². The molecule has 0 N–H and O–H groups in total. The first-order valence-corrected chi connectivity index (χ1v) is 21.3. The number of benzene rings is 8. The second kappa shape index (κ2) is 11.5. The topological polar surface area (TPSA) is 0 Å². The molecule has 0 spiro atoms. The monoisotopic (exact) mass is 748 g/mol. The van der Waals surface area contributed by atoms with Crippen molar-refractivity contribution in [3.05, 3.63) is 167 Å². The van der Waals surface area contributed by atoms with Crippen molar-refractivity contribution in [2.45, 2.75) is 90.9 Å². The lowest BCUT2D eigenvalue weighted by molar-refractivity contribution is 0.584. The quantitative estimate of drug-likeness (QED) is 0.165. The lowest BCUT2D eigenvalue weighted by Crippen LogP contribution is -2.17. The van der Waals surface area contributed by atoms with E-state index in [1.807, 2.05) is 0 Å². The maximum atomic E-state index is 2.54. The van der Waals surface area contributed by atoms with Crippen molar-refractivity contribution in [1.82, 2.24) is 0 Å². The van der Waals surface area contributed by atoms with Crippen molar-refractivity contribution in [2.75, 3.05) is 0 Å². The highest BCUT2D eigenvalue weighted by Crippen LogP contribution is 2.60. The summed E-state index contributed by atoms with van der Waals surface area (Å²) in [4.78, 5) is 0. The fraction of sp³-hybridized carbons (Fsp3) is 0.241. The second-order valence-corrected chi connectivity index (χ2v) is 20.5. The van der Waals surface area contributed by atoms with Gasteiger partial charge in [0.2, 0.25) is 0 Å². The summed E-state index contributed by atoms with van der Waals surface area (Å²) in [6.07, 6.45) is 0. The van der Waals surface area contributed by atoms with E-state index in [1.165, 1.54) is 122 Å². The molecule has 8 aromatic carbocycles. The van der Waals surface area contributed by atoms with Crippen LogP contribution in [0.25, 0.3) is 88.3 Å². The molecular formula is C58H52. The third-order valence-electron chi connectivity index (χ3n) is 14.3. The Hall–Kier alpha value is -5.72. The number of hydrogen-bond donors (Lipinski definition) is 0. The van der Waals surface area contributed by atoms with Crippen molar-refractivity contribution in [1.29, 1.82) is 0 Å². The molecule has 3 aliphatic rings. The molecule has 0 saturated heterocycles. The van der Waals surface area contributed by atoms with Crippen LogP contribution < -0.4 is 0 Å². The van der Waals surface area contributed by atoms with Gasteiger partial charge in [0.25, 0.3) is 0 Å². The van der Waals surface area contributed by atoms with Crippen molar-refractivity contribution in [2.24, 2.45) is 0 Å². The highest BCUT2D eigenvalue weighted by atomic mass is 14.4. The van der Waals surface area contributed by atoms with Gasteiger partial charge in [-0.05, 0) is 145 Å². The molecule has 0 heteroatoms. The third kappa shape index (κ3) is 4.69. The highest BCUT2D eigenvalue weighted by molar-refractivity contribution is 6.27. The molecule has 58 heavy (non-hydrogen) atoms. The summed E-state index contributed by atoms with van der Waals surface area (Å²) in [5, 5.41) is 5.28. The van der Waals surface area contributed by atoms with Crippen LogP contribution in [0.3, 0.4) is 0 Å². The number of fused-ring (bicyclic) bond motifs is 10. The first kappa shape index (κ1) is 35.4. The van der Waals surface area contributed by atoms with Crippen LogP contribution in [-0.4, -0.2) is 0 Å². The van der Waals surface area contributed by atoms with Crippen LogP contribution in [0.15, 0.2) is 133 Å². The SMILES string of the molecule is CC(C)(C)c1ccc2c(c1)C(C)(C)c1cc(-c3c4c(c(-c5ccc6c(c5)C(C)(C)c5cc(C(C)(C)C)ccc5-6)c5ccccc35)-c3cccc5cccc-4c35)ccc1-2. The van der Waals surface area contributed by atoms with Gasteiger partial charge in [0.05, 0.1) is 0 Å². The zero-order valence-corrected chi connectivity index (χ0v) is 35.7. The van der Waals surface area contributed by atoms with E-state index >= 15 is 0 Å². The van der Waals surface area contributed by atoms with E-state index in [9.17, 15) is 0 Å². The summed E-state index contributed by atoms with van der Waals surface area (Å²) in [5.41, 5.74) is 24.6. The van der Waals surface area contributed by atoms with Gasteiger partial charge in [0, 0.05) is 10.8 Å². The van der Waals surface area contributed by atoms with Crippen molar-refractivity contribution in [3.63, 3.8) is 0 Å². The molecular weight excluding hydrogens is 697 g/mol. The van der Waals surface area contributed by atoms with Crippen molar-refractivity contribution >= 4 is 21.5 Å². The summed E-state index contributed by atoms with van der Waals surface area (Å²) in [7, 11) is 0. The molecule has 0 aliphatic heterocycles. The third-order valence-corrected chi connectivity index (χ3v) is 14.3. The molecule has 0 fully saturated rings. The van der Waals surface area contributed by atoms with Gasteiger partial charge >= 0.3 is 0 Å². The number of hydrogen-bond acceptors (Lipinski definition) is 0. The standard InChI is InChI=1S/C58H52/c1-55(2,3)36-23-27-40-38-25-21-34(29-46(38)57(7,8)48(40)31-36)51-42-17-11-12-18-43(42)52(54-45-20-14-16-33-15-13-19-44(50(33)45)53(51)54)35-22-26-39-41-28-24-37(56(4,5)6)32-49(41)58(9,10)47(39)30-35/h11-32H,1-10H3. The average Bonchev–Trinajstić information content (AvgIpc) is 3.73. The number of rotatable bonds is 2. The zero-order chi connectivity index (χ0) is 40.3. The van der Waals surface area contributed by atoms with Gasteiger partial charge in [-0.1, -0.05) is 191 Å². The van der Waals surface area contributed by atoms with E-state index in [1.54, 1.807) is 0 Å². The van der Waals surface area contributed by atoms with Gasteiger partial charge in [0.1, 0.15) is 0 Å². The Morgan fingerprint density at radius 3 is 1.12 bits per heavy atom. The molecule has 0 amide bonds. The van der Waals surface area contributed by atoms with Crippen LogP contribution in [0, 0.1) is 0 Å². The largest absolute Gasteiger partial charge is 0.0616 e. The maximum Gasteiger partial charge on any atom is 0.0159 e. The average molecular weight is 749 g/mol. The molecule has 3 aliphatic carbocycles. The van der Waals surface area contributed by atoms with Gasteiger partial charge in [-0.2, -0.15) is 0 Å². The molecule has 0 bridgehead atoms. The lowest BCUT2D eigenvalue weighted by atomic mass is 9.77. The van der Waals surface area contributed by atoms with Crippen LogP contribution in [-0.2, 0) is 21.7 Å². The van der Waals surface area contributed by atoms with E-state index in [0.717, 1.165) is 0 Å². The molecule has 0 atom stereocenters. The Bertz CT molecular complexity index is 2900. The van der Waals surface area contributed by atoms with E-state index in [-0.39, 0.29) is 21.7 Å². The predicted octanol–water partition coefficient (Wildman–Crippen LogP) is 16.2. The summed E-state index contributed by atoms with van der Waals surface area (Å²) in [5.74, 6) is 0. The molecule has 0 heterocycles. The Balaban J connectivity index is 1.18. The minimum absolute atomic E-state index is 0.0939. The van der Waals surface area contributed by atoms with Crippen molar-refractivity contribution < 1.29 is 0 Å². The van der Waals surface area contributed by atoms with Crippen LogP contribution in [0.5, 0.6) is 0 Å². The van der Waals surface area contributed by atoms with Crippen LogP contribution in [0.4, 0.5) is 0 Å². The molecule has 0 unspecified atom stereocenters. The lowest BCUT2D eigenvalue weighted by Gasteiger charge is -2.26. The fourth-order valence-corrected chi connectivity index (χ4v) is 11.1. The minimum Gasteiger partial charge on any atom is -0.0616 e. The summed E-state index contributed by atoms with van der Waals surface area (Å²) in [6.45, 7) is 23.6. The first-order valence-electron chi connectivity index (χ1n) is 21.3. The van der Waals surface area contributed by atoms with Gasteiger partial charge in [-0.15, -0.1) is 0 Å². The van der Waals surface area contributed by atoms with E-state index < -0.39 is 0 Å². The molecule has 11 rings (SSSR count). The smallest absolute Gasteiger partial charge is 0.0159 e.